The summed E-state index contributed by atoms with van der Waals surface area (Å²) in [5, 5.41) is 13.6. The fraction of sp³-hybridized carbons (Fsp3) is 0.533. The van der Waals surface area contributed by atoms with E-state index in [-0.39, 0.29) is 6.10 Å². The highest BCUT2D eigenvalue weighted by Crippen LogP contribution is 2.28. The predicted molar refractivity (Wildman–Crippen MR) is 80.4 cm³/mol. The van der Waals surface area contributed by atoms with Crippen LogP contribution in [0, 0.1) is 6.92 Å². The number of methoxy groups -OCH3 is 1. The molecule has 1 aromatic rings. The van der Waals surface area contributed by atoms with Gasteiger partial charge in [-0.15, -0.1) is 0 Å². The molecule has 1 aromatic carbocycles. The summed E-state index contributed by atoms with van der Waals surface area (Å²) in [5.41, 5.74) is 7.22. The number of ether oxygens (including phenoxy) is 2. The van der Waals surface area contributed by atoms with E-state index >= 15 is 0 Å². The Morgan fingerprint density at radius 1 is 1.62 bits per heavy atom. The van der Waals surface area contributed by atoms with Crippen LogP contribution in [0.5, 0.6) is 0 Å². The van der Waals surface area contributed by atoms with Crippen LogP contribution in [0.4, 0.5) is 11.4 Å². The van der Waals surface area contributed by atoms with Crippen molar-refractivity contribution in [2.24, 2.45) is 0 Å². The van der Waals surface area contributed by atoms with Crippen LogP contribution in [0.1, 0.15) is 29.3 Å². The Kier molecular flexibility index (Phi) is 4.39. The first-order valence-electron chi connectivity index (χ1n) is 6.93. The van der Waals surface area contributed by atoms with Crippen LogP contribution in [0.15, 0.2) is 12.1 Å². The Hall–Kier alpha value is -1.79. The van der Waals surface area contributed by atoms with Gasteiger partial charge in [0.15, 0.2) is 0 Å². The molecule has 116 valence electrons. The van der Waals surface area contributed by atoms with Gasteiger partial charge in [-0.1, -0.05) is 0 Å². The summed E-state index contributed by atoms with van der Waals surface area (Å²) >= 11 is 0. The van der Waals surface area contributed by atoms with Gasteiger partial charge in [-0.3, -0.25) is 0 Å². The highest BCUT2D eigenvalue weighted by atomic mass is 16.5. The minimum Gasteiger partial charge on any atom is -0.465 e. The number of nitrogens with one attached hydrogen (secondary N) is 1. The lowest BCUT2D eigenvalue weighted by atomic mass is 9.96. The van der Waals surface area contributed by atoms with E-state index in [0.717, 1.165) is 11.3 Å². The summed E-state index contributed by atoms with van der Waals surface area (Å²) in [7, 11) is 1.32. The molecule has 0 spiro atoms. The monoisotopic (exact) mass is 294 g/mol. The minimum absolute atomic E-state index is 0.222. The fourth-order valence-electron chi connectivity index (χ4n) is 2.44. The number of carbonyl (C=O) groups is 1. The van der Waals surface area contributed by atoms with E-state index < -0.39 is 11.6 Å². The molecule has 21 heavy (non-hydrogen) atoms. The van der Waals surface area contributed by atoms with Crippen molar-refractivity contribution in [1.29, 1.82) is 0 Å². The molecular weight excluding hydrogens is 272 g/mol. The molecule has 2 unspecified atom stereocenters. The van der Waals surface area contributed by atoms with Crippen molar-refractivity contribution in [3.05, 3.63) is 23.3 Å². The highest BCUT2D eigenvalue weighted by Gasteiger charge is 2.39. The van der Waals surface area contributed by atoms with E-state index in [2.05, 4.69) is 5.32 Å². The van der Waals surface area contributed by atoms with E-state index in [0.29, 0.717) is 30.8 Å². The Morgan fingerprint density at radius 3 is 2.90 bits per heavy atom. The third kappa shape index (κ3) is 3.11. The number of rotatable bonds is 4. The summed E-state index contributed by atoms with van der Waals surface area (Å²) in [6, 6.07) is 3.48. The van der Waals surface area contributed by atoms with Crippen LogP contribution in [-0.4, -0.2) is 43.0 Å². The number of nitrogens with two attached hydrogens (primary N) is 1. The van der Waals surface area contributed by atoms with Crippen LogP contribution in [0.3, 0.4) is 0 Å². The molecule has 1 fully saturated rings. The molecule has 1 saturated heterocycles. The van der Waals surface area contributed by atoms with Gasteiger partial charge in [0.2, 0.25) is 0 Å². The van der Waals surface area contributed by atoms with E-state index in [1.807, 2.05) is 19.9 Å². The van der Waals surface area contributed by atoms with Gasteiger partial charge in [0.25, 0.3) is 0 Å². The molecule has 6 nitrogen and oxygen atoms in total. The van der Waals surface area contributed by atoms with Crippen molar-refractivity contribution in [1.82, 2.24) is 0 Å². The van der Waals surface area contributed by atoms with Gasteiger partial charge in [-0.2, -0.15) is 0 Å². The number of hydrogen-bond donors (Lipinski definition) is 3. The summed E-state index contributed by atoms with van der Waals surface area (Å²) in [5.74, 6) is -0.476. The standard InChI is InChI=1S/C15H22N2O4/c1-9-6-11(7-12(13(9)16)14(18)20-3)17-8-15(19)4-5-21-10(15)2/h6-7,10,17,19H,4-5,8,16H2,1-3H3. The number of esters is 1. The topological polar surface area (TPSA) is 93.8 Å². The number of carbonyl (C=O) groups excluding carboxylic acids is 1. The van der Waals surface area contributed by atoms with Crippen molar-refractivity contribution < 1.29 is 19.4 Å². The van der Waals surface area contributed by atoms with Crippen molar-refractivity contribution in [2.75, 3.05) is 31.3 Å². The molecule has 4 N–H and O–H groups in total. The molecule has 1 heterocycles. The minimum atomic E-state index is -0.902. The zero-order valence-corrected chi connectivity index (χ0v) is 12.6. The maximum Gasteiger partial charge on any atom is 0.340 e. The summed E-state index contributed by atoms with van der Waals surface area (Å²) in [6.07, 6.45) is 0.360. The van der Waals surface area contributed by atoms with Gasteiger partial charge in [-0.05, 0) is 31.5 Å². The molecule has 2 rings (SSSR count). The number of aliphatic hydroxyl groups is 1. The molecule has 1 aliphatic heterocycles. The van der Waals surface area contributed by atoms with Crippen molar-refractivity contribution in [3.63, 3.8) is 0 Å². The average Bonchev–Trinajstić information content (AvgIpc) is 2.79. The molecule has 2 atom stereocenters. The molecule has 0 aliphatic carbocycles. The lowest BCUT2D eigenvalue weighted by Crippen LogP contribution is -2.43. The van der Waals surface area contributed by atoms with Crippen LogP contribution in [-0.2, 0) is 9.47 Å². The fourth-order valence-corrected chi connectivity index (χ4v) is 2.44. The van der Waals surface area contributed by atoms with Gasteiger partial charge < -0.3 is 25.6 Å². The Morgan fingerprint density at radius 2 is 2.33 bits per heavy atom. The van der Waals surface area contributed by atoms with Gasteiger partial charge in [0.1, 0.15) is 5.60 Å². The van der Waals surface area contributed by atoms with E-state index in [9.17, 15) is 9.90 Å². The van der Waals surface area contributed by atoms with E-state index in [1.54, 1.807) is 6.07 Å². The van der Waals surface area contributed by atoms with Crippen LogP contribution in [0.2, 0.25) is 0 Å². The zero-order chi connectivity index (χ0) is 15.6. The van der Waals surface area contributed by atoms with Crippen LogP contribution < -0.4 is 11.1 Å². The van der Waals surface area contributed by atoms with E-state index in [4.69, 9.17) is 15.2 Å². The Balaban J connectivity index is 2.17. The van der Waals surface area contributed by atoms with Gasteiger partial charge in [0.05, 0.1) is 18.8 Å². The lowest BCUT2D eigenvalue weighted by Gasteiger charge is -2.27. The van der Waals surface area contributed by atoms with Gasteiger partial charge in [0, 0.05) is 30.9 Å². The molecular formula is C15H22N2O4. The van der Waals surface area contributed by atoms with Gasteiger partial charge in [-0.25, -0.2) is 4.79 Å². The second kappa shape index (κ2) is 5.91. The largest absolute Gasteiger partial charge is 0.465 e. The first-order chi connectivity index (χ1) is 9.87. The number of hydrogen-bond acceptors (Lipinski definition) is 6. The predicted octanol–water partition coefficient (Wildman–Crippen LogP) is 1.32. The second-order valence-electron chi connectivity index (χ2n) is 5.47. The third-order valence-electron chi connectivity index (χ3n) is 4.05. The number of benzene rings is 1. The molecule has 0 amide bonds. The molecule has 6 heteroatoms. The molecule has 0 saturated carbocycles. The van der Waals surface area contributed by atoms with Crippen LogP contribution in [0.25, 0.3) is 0 Å². The van der Waals surface area contributed by atoms with Crippen molar-refractivity contribution >= 4 is 17.3 Å². The SMILES string of the molecule is COC(=O)c1cc(NCC2(O)CCOC2C)cc(C)c1N. The molecule has 0 aromatic heterocycles. The lowest BCUT2D eigenvalue weighted by molar-refractivity contribution is -0.0175. The van der Waals surface area contributed by atoms with Gasteiger partial charge >= 0.3 is 5.97 Å². The molecule has 0 bridgehead atoms. The Labute approximate surface area is 124 Å². The average molecular weight is 294 g/mol. The third-order valence-corrected chi connectivity index (χ3v) is 4.05. The number of anilines is 2. The first-order valence-corrected chi connectivity index (χ1v) is 6.93. The normalized spacial score (nSPS) is 24.9. The molecule has 1 aliphatic rings. The zero-order valence-electron chi connectivity index (χ0n) is 12.6. The number of nitrogen functional groups attached to an aromatic ring is 1. The van der Waals surface area contributed by atoms with Crippen molar-refractivity contribution in [2.45, 2.75) is 32.0 Å². The maximum atomic E-state index is 11.7. The second-order valence-corrected chi connectivity index (χ2v) is 5.47. The summed E-state index contributed by atoms with van der Waals surface area (Å²) < 4.78 is 10.1. The maximum absolute atomic E-state index is 11.7. The highest BCUT2D eigenvalue weighted by molar-refractivity contribution is 5.97. The smallest absolute Gasteiger partial charge is 0.340 e. The van der Waals surface area contributed by atoms with Crippen LogP contribution >= 0.6 is 0 Å². The molecule has 0 radical (unpaired) electrons. The van der Waals surface area contributed by atoms with Crippen molar-refractivity contribution in [3.8, 4) is 0 Å². The Bertz CT molecular complexity index is 547. The first kappa shape index (κ1) is 15.6. The summed E-state index contributed by atoms with van der Waals surface area (Å²) in [4.78, 5) is 11.7. The van der Waals surface area contributed by atoms with E-state index in [1.165, 1.54) is 7.11 Å². The summed E-state index contributed by atoms with van der Waals surface area (Å²) in [6.45, 7) is 4.57. The number of aryl methyl sites for hydroxylation is 1. The quantitative estimate of drug-likeness (QED) is 0.573.